The van der Waals surface area contributed by atoms with Crippen molar-refractivity contribution in [1.82, 2.24) is 15.1 Å². The van der Waals surface area contributed by atoms with E-state index in [2.05, 4.69) is 26.3 Å². The van der Waals surface area contributed by atoms with Crippen molar-refractivity contribution in [2.75, 3.05) is 0 Å². The Labute approximate surface area is 122 Å². The van der Waals surface area contributed by atoms with Gasteiger partial charge >= 0.3 is 0 Å². The molecule has 0 saturated carbocycles. The molecule has 104 valence electrons. The van der Waals surface area contributed by atoms with Crippen LogP contribution in [0.2, 0.25) is 0 Å². The standard InChI is InChI=1S/C12H11BrN4O3/c1-16-7-8(6-15-16)5-14-12(18)9-2-3-10(13)11(4-9)17(19)20/h2-4,6-7H,5H2,1H3,(H,14,18). The zero-order chi connectivity index (χ0) is 14.7. The molecule has 0 aliphatic rings. The maximum Gasteiger partial charge on any atom is 0.284 e. The van der Waals surface area contributed by atoms with Crippen molar-refractivity contribution >= 4 is 27.5 Å². The summed E-state index contributed by atoms with van der Waals surface area (Å²) in [5.41, 5.74) is 0.954. The minimum Gasteiger partial charge on any atom is -0.348 e. The third-order valence-corrected chi connectivity index (χ3v) is 3.29. The van der Waals surface area contributed by atoms with Gasteiger partial charge in [-0.05, 0) is 28.1 Å². The Balaban J connectivity index is 2.09. The lowest BCUT2D eigenvalue weighted by molar-refractivity contribution is -0.385. The van der Waals surface area contributed by atoms with E-state index in [1.165, 1.54) is 18.2 Å². The molecule has 0 bridgehead atoms. The first kappa shape index (κ1) is 14.2. The monoisotopic (exact) mass is 338 g/mol. The van der Waals surface area contributed by atoms with Gasteiger partial charge in [-0.25, -0.2) is 0 Å². The Kier molecular flexibility index (Phi) is 4.14. The van der Waals surface area contributed by atoms with Crippen LogP contribution in [0.25, 0.3) is 0 Å². The van der Waals surface area contributed by atoms with Gasteiger partial charge in [-0.15, -0.1) is 0 Å². The predicted molar refractivity (Wildman–Crippen MR) is 75.2 cm³/mol. The number of aryl methyl sites for hydroxylation is 1. The van der Waals surface area contributed by atoms with E-state index in [1.54, 1.807) is 24.1 Å². The summed E-state index contributed by atoms with van der Waals surface area (Å²) in [5, 5.41) is 17.5. The van der Waals surface area contributed by atoms with E-state index < -0.39 is 4.92 Å². The second-order valence-corrected chi connectivity index (χ2v) is 4.98. The molecule has 7 nitrogen and oxygen atoms in total. The van der Waals surface area contributed by atoms with Gasteiger partial charge in [0.05, 0.1) is 15.6 Å². The molecule has 0 saturated heterocycles. The summed E-state index contributed by atoms with van der Waals surface area (Å²) in [6.45, 7) is 0.316. The lowest BCUT2D eigenvalue weighted by Gasteiger charge is -2.04. The maximum atomic E-state index is 11.9. The van der Waals surface area contributed by atoms with Crippen LogP contribution in [0.5, 0.6) is 0 Å². The molecule has 0 radical (unpaired) electrons. The highest BCUT2D eigenvalue weighted by molar-refractivity contribution is 9.10. The van der Waals surface area contributed by atoms with E-state index in [-0.39, 0.29) is 17.2 Å². The lowest BCUT2D eigenvalue weighted by Crippen LogP contribution is -2.22. The molecule has 1 aromatic heterocycles. The summed E-state index contributed by atoms with van der Waals surface area (Å²) in [7, 11) is 1.78. The third kappa shape index (κ3) is 3.21. The largest absolute Gasteiger partial charge is 0.348 e. The average Bonchev–Trinajstić information content (AvgIpc) is 2.82. The van der Waals surface area contributed by atoms with E-state index in [9.17, 15) is 14.9 Å². The van der Waals surface area contributed by atoms with Crippen LogP contribution in [0.1, 0.15) is 15.9 Å². The highest BCUT2D eigenvalue weighted by Crippen LogP contribution is 2.25. The van der Waals surface area contributed by atoms with Crippen molar-refractivity contribution in [2.45, 2.75) is 6.54 Å². The fourth-order valence-corrected chi connectivity index (χ4v) is 2.03. The molecular formula is C12H11BrN4O3. The number of nitrogens with one attached hydrogen (secondary N) is 1. The van der Waals surface area contributed by atoms with Crippen molar-refractivity contribution in [3.8, 4) is 0 Å². The zero-order valence-electron chi connectivity index (χ0n) is 10.5. The Hall–Kier alpha value is -2.22. The molecule has 1 aromatic carbocycles. The number of nitrogens with zero attached hydrogens (tertiary/aromatic N) is 3. The van der Waals surface area contributed by atoms with Crippen molar-refractivity contribution in [1.29, 1.82) is 0 Å². The van der Waals surface area contributed by atoms with Gasteiger partial charge in [0.25, 0.3) is 11.6 Å². The molecule has 1 heterocycles. The van der Waals surface area contributed by atoms with E-state index >= 15 is 0 Å². The SMILES string of the molecule is Cn1cc(CNC(=O)c2ccc(Br)c([N+](=O)[O-])c2)cn1. The summed E-state index contributed by atoms with van der Waals surface area (Å²) in [5.74, 6) is -0.371. The molecule has 2 rings (SSSR count). The van der Waals surface area contributed by atoms with Crippen LogP contribution < -0.4 is 5.32 Å². The maximum absolute atomic E-state index is 11.9. The van der Waals surface area contributed by atoms with Gasteiger partial charge in [-0.3, -0.25) is 19.6 Å². The number of benzene rings is 1. The molecule has 0 fully saturated rings. The van der Waals surface area contributed by atoms with Crippen molar-refractivity contribution < 1.29 is 9.72 Å². The number of rotatable bonds is 4. The molecule has 0 spiro atoms. The van der Waals surface area contributed by atoms with Crippen LogP contribution in [-0.4, -0.2) is 20.6 Å². The molecule has 8 heteroatoms. The fraction of sp³-hybridized carbons (Fsp3) is 0.167. The number of nitro benzene ring substituents is 1. The summed E-state index contributed by atoms with van der Waals surface area (Å²) < 4.78 is 1.97. The molecule has 0 atom stereocenters. The number of amides is 1. The Morgan fingerprint density at radius 3 is 2.90 bits per heavy atom. The number of hydrogen-bond acceptors (Lipinski definition) is 4. The Bertz CT molecular complexity index is 668. The zero-order valence-corrected chi connectivity index (χ0v) is 12.1. The van der Waals surface area contributed by atoms with Crippen LogP contribution in [0, 0.1) is 10.1 Å². The quantitative estimate of drug-likeness (QED) is 0.682. The topological polar surface area (TPSA) is 90.1 Å². The molecule has 0 aliphatic carbocycles. The van der Waals surface area contributed by atoms with Gasteiger partial charge in [-0.2, -0.15) is 5.10 Å². The van der Waals surface area contributed by atoms with Crippen LogP contribution in [0.3, 0.4) is 0 Å². The van der Waals surface area contributed by atoms with Crippen LogP contribution in [0.4, 0.5) is 5.69 Å². The van der Waals surface area contributed by atoms with Crippen molar-refractivity contribution in [2.24, 2.45) is 7.05 Å². The van der Waals surface area contributed by atoms with Crippen LogP contribution in [-0.2, 0) is 13.6 Å². The highest BCUT2D eigenvalue weighted by atomic mass is 79.9. The number of carbonyl (C=O) groups is 1. The lowest BCUT2D eigenvalue weighted by atomic mass is 10.2. The second kappa shape index (κ2) is 5.83. The first-order valence-electron chi connectivity index (χ1n) is 5.67. The smallest absolute Gasteiger partial charge is 0.284 e. The molecule has 0 unspecified atom stereocenters. The average molecular weight is 339 g/mol. The Morgan fingerprint density at radius 1 is 1.55 bits per heavy atom. The molecule has 2 aromatic rings. The van der Waals surface area contributed by atoms with Gasteiger partial charge in [0.15, 0.2) is 0 Å². The van der Waals surface area contributed by atoms with E-state index in [1.807, 2.05) is 0 Å². The summed E-state index contributed by atoms with van der Waals surface area (Å²) in [6.07, 6.45) is 3.43. The first-order valence-corrected chi connectivity index (χ1v) is 6.46. The van der Waals surface area contributed by atoms with Crippen LogP contribution >= 0.6 is 15.9 Å². The normalized spacial score (nSPS) is 10.3. The van der Waals surface area contributed by atoms with Crippen LogP contribution in [0.15, 0.2) is 35.1 Å². The van der Waals surface area contributed by atoms with Gasteiger partial charge in [-0.1, -0.05) is 0 Å². The Morgan fingerprint density at radius 2 is 2.30 bits per heavy atom. The minimum atomic E-state index is -0.540. The van der Waals surface area contributed by atoms with E-state index in [4.69, 9.17) is 0 Å². The molecule has 20 heavy (non-hydrogen) atoms. The van der Waals surface area contributed by atoms with Gasteiger partial charge in [0.1, 0.15) is 0 Å². The summed E-state index contributed by atoms with van der Waals surface area (Å²) in [6, 6.07) is 4.25. The first-order chi connectivity index (χ1) is 9.47. The predicted octanol–water partition coefficient (Wildman–Crippen LogP) is 2.02. The minimum absolute atomic E-state index is 0.140. The second-order valence-electron chi connectivity index (χ2n) is 4.13. The molecule has 1 amide bonds. The molecular weight excluding hydrogens is 328 g/mol. The van der Waals surface area contributed by atoms with Crippen molar-refractivity contribution in [3.63, 3.8) is 0 Å². The van der Waals surface area contributed by atoms with Gasteiger partial charge in [0, 0.05) is 37.0 Å². The number of nitro groups is 1. The summed E-state index contributed by atoms with van der Waals surface area (Å²) in [4.78, 5) is 22.2. The number of halogens is 1. The number of hydrogen-bond donors (Lipinski definition) is 1. The van der Waals surface area contributed by atoms with E-state index in [0.717, 1.165) is 5.56 Å². The van der Waals surface area contributed by atoms with E-state index in [0.29, 0.717) is 11.0 Å². The van der Waals surface area contributed by atoms with Crippen molar-refractivity contribution in [3.05, 3.63) is 56.3 Å². The number of carbonyl (C=O) groups excluding carboxylic acids is 1. The van der Waals surface area contributed by atoms with Gasteiger partial charge < -0.3 is 5.32 Å². The highest BCUT2D eigenvalue weighted by Gasteiger charge is 2.15. The molecule has 1 N–H and O–H groups in total. The summed E-state index contributed by atoms with van der Waals surface area (Å²) >= 11 is 3.07. The number of aromatic nitrogens is 2. The van der Waals surface area contributed by atoms with Gasteiger partial charge in [0.2, 0.25) is 0 Å². The molecule has 0 aliphatic heterocycles. The third-order valence-electron chi connectivity index (χ3n) is 2.62. The fourth-order valence-electron chi connectivity index (χ4n) is 1.64.